The smallest absolute Gasteiger partial charge is 0.163 e. The first-order valence-corrected chi connectivity index (χ1v) is 8.02. The van der Waals surface area contributed by atoms with Crippen molar-refractivity contribution in [1.82, 2.24) is 9.88 Å². The highest BCUT2D eigenvalue weighted by atomic mass is 15.3. The van der Waals surface area contributed by atoms with E-state index in [9.17, 15) is 0 Å². The van der Waals surface area contributed by atoms with Gasteiger partial charge in [-0.05, 0) is 24.3 Å². The molecule has 1 aromatic carbocycles. The van der Waals surface area contributed by atoms with Crippen molar-refractivity contribution >= 4 is 11.9 Å². The van der Waals surface area contributed by atoms with Gasteiger partial charge in [-0.15, -0.1) is 0 Å². The molecule has 4 nitrogen and oxygen atoms in total. The van der Waals surface area contributed by atoms with Gasteiger partial charge in [0.25, 0.3) is 0 Å². The highest BCUT2D eigenvalue weighted by Gasteiger charge is 2.28. The van der Waals surface area contributed by atoms with Gasteiger partial charge in [0.2, 0.25) is 0 Å². The van der Waals surface area contributed by atoms with E-state index in [0.717, 1.165) is 25.2 Å². The normalized spacial score (nSPS) is 20.7. The Morgan fingerprint density at radius 2 is 1.87 bits per heavy atom. The fourth-order valence-corrected chi connectivity index (χ4v) is 3.37. The zero-order valence-corrected chi connectivity index (χ0v) is 13.3. The Balaban J connectivity index is 1.57. The van der Waals surface area contributed by atoms with Crippen LogP contribution in [0.25, 0.3) is 0 Å². The van der Waals surface area contributed by atoms with Crippen molar-refractivity contribution in [3.05, 3.63) is 71.7 Å². The van der Waals surface area contributed by atoms with Crippen LogP contribution in [0.3, 0.4) is 0 Å². The van der Waals surface area contributed by atoms with Gasteiger partial charge in [0, 0.05) is 55.9 Å². The summed E-state index contributed by atoms with van der Waals surface area (Å²) in [7, 11) is 2.13. The van der Waals surface area contributed by atoms with Gasteiger partial charge < -0.3 is 9.80 Å². The van der Waals surface area contributed by atoms with Crippen molar-refractivity contribution in [2.24, 2.45) is 4.99 Å². The molecule has 23 heavy (non-hydrogen) atoms. The van der Waals surface area contributed by atoms with Crippen LogP contribution in [-0.2, 0) is 0 Å². The third kappa shape index (κ3) is 2.61. The number of benzene rings is 1. The molecule has 1 atom stereocenters. The zero-order chi connectivity index (χ0) is 15.6. The molecule has 4 rings (SSSR count). The second kappa shape index (κ2) is 5.88. The Hall–Kier alpha value is -2.62. The van der Waals surface area contributed by atoms with Crippen molar-refractivity contribution < 1.29 is 0 Å². The summed E-state index contributed by atoms with van der Waals surface area (Å²) in [4.78, 5) is 13.9. The Labute approximate surface area is 136 Å². The summed E-state index contributed by atoms with van der Waals surface area (Å²) in [5.74, 6) is 0. The maximum Gasteiger partial charge on any atom is 0.163 e. The summed E-state index contributed by atoms with van der Waals surface area (Å²) in [5.41, 5.74) is 4.99. The molecule has 0 aliphatic carbocycles. The van der Waals surface area contributed by atoms with Gasteiger partial charge >= 0.3 is 0 Å². The molecule has 2 aliphatic heterocycles. The fraction of sp³-hybridized carbons (Fsp3) is 0.263. The third-order valence-corrected chi connectivity index (χ3v) is 4.59. The molecule has 116 valence electrons. The first-order valence-electron chi connectivity index (χ1n) is 8.02. The van der Waals surface area contributed by atoms with Gasteiger partial charge in [0.15, 0.2) is 6.17 Å². The average Bonchev–Trinajstić information content (AvgIpc) is 2.63. The number of anilines is 1. The van der Waals surface area contributed by atoms with Crippen LogP contribution in [0.2, 0.25) is 0 Å². The molecule has 0 N–H and O–H groups in total. The molecule has 0 bridgehead atoms. The van der Waals surface area contributed by atoms with E-state index < -0.39 is 0 Å². The fourth-order valence-electron chi connectivity index (χ4n) is 3.37. The van der Waals surface area contributed by atoms with Gasteiger partial charge in [-0.1, -0.05) is 24.3 Å². The number of aliphatic imine (C=N–C) groups is 1. The van der Waals surface area contributed by atoms with Crippen molar-refractivity contribution in [3.8, 4) is 0 Å². The first-order chi connectivity index (χ1) is 11.3. The van der Waals surface area contributed by atoms with Crippen LogP contribution in [0.4, 0.5) is 5.69 Å². The minimum Gasteiger partial charge on any atom is -0.367 e. The monoisotopic (exact) mass is 304 g/mol. The van der Waals surface area contributed by atoms with Gasteiger partial charge in [-0.3, -0.25) is 9.98 Å². The van der Waals surface area contributed by atoms with Crippen LogP contribution in [-0.4, -0.2) is 36.2 Å². The van der Waals surface area contributed by atoms with Gasteiger partial charge in [0.05, 0.1) is 5.69 Å². The number of aromatic nitrogens is 1. The average molecular weight is 304 g/mol. The molecule has 0 radical (unpaired) electrons. The maximum absolute atomic E-state index is 4.75. The second-order valence-electron chi connectivity index (χ2n) is 6.00. The summed E-state index contributed by atoms with van der Waals surface area (Å²) in [6, 6.07) is 16.6. The van der Waals surface area contributed by atoms with Crippen LogP contribution >= 0.6 is 0 Å². The molecule has 1 unspecified atom stereocenters. The lowest BCUT2D eigenvalue weighted by molar-refractivity contribution is 0.292. The molecular formula is C19H20N4. The van der Waals surface area contributed by atoms with Crippen molar-refractivity contribution in [2.75, 3.05) is 25.0 Å². The molecular weight excluding hydrogens is 284 g/mol. The van der Waals surface area contributed by atoms with E-state index in [1.807, 2.05) is 30.6 Å². The highest BCUT2D eigenvalue weighted by molar-refractivity contribution is 5.83. The highest BCUT2D eigenvalue weighted by Crippen LogP contribution is 2.33. The summed E-state index contributed by atoms with van der Waals surface area (Å²) in [6.45, 7) is 1.96. The molecule has 0 saturated carbocycles. The molecule has 0 spiro atoms. The Kier molecular flexibility index (Phi) is 3.58. The van der Waals surface area contributed by atoms with E-state index in [1.54, 1.807) is 0 Å². The Morgan fingerprint density at radius 1 is 1.04 bits per heavy atom. The lowest BCUT2D eigenvalue weighted by atomic mass is 10.0. The van der Waals surface area contributed by atoms with Crippen LogP contribution in [0.15, 0.2) is 71.0 Å². The van der Waals surface area contributed by atoms with Gasteiger partial charge in [-0.25, -0.2) is 0 Å². The van der Waals surface area contributed by atoms with Crippen LogP contribution in [0.5, 0.6) is 0 Å². The molecule has 2 aromatic rings. The minimum absolute atomic E-state index is 0.00164. The van der Waals surface area contributed by atoms with E-state index in [2.05, 4.69) is 52.2 Å². The van der Waals surface area contributed by atoms with E-state index >= 15 is 0 Å². The second-order valence-corrected chi connectivity index (χ2v) is 6.00. The predicted molar refractivity (Wildman–Crippen MR) is 93.5 cm³/mol. The Bertz CT molecular complexity index is 736. The lowest BCUT2D eigenvalue weighted by Gasteiger charge is -2.39. The number of hydrogen-bond acceptors (Lipinski definition) is 4. The van der Waals surface area contributed by atoms with Crippen molar-refractivity contribution in [1.29, 1.82) is 0 Å². The minimum atomic E-state index is -0.00164. The van der Waals surface area contributed by atoms with E-state index in [1.165, 1.54) is 17.0 Å². The molecule has 4 heteroatoms. The quantitative estimate of drug-likeness (QED) is 0.853. The molecule has 2 aliphatic rings. The summed E-state index contributed by atoms with van der Waals surface area (Å²) in [6.07, 6.45) is 4.92. The van der Waals surface area contributed by atoms with Gasteiger partial charge in [-0.2, -0.15) is 0 Å². The molecule has 1 aromatic heterocycles. The van der Waals surface area contributed by atoms with E-state index in [4.69, 9.17) is 4.99 Å². The standard InChI is InChI=1S/C19H20N4/c1-22-18-10-12-23(16-7-3-2-4-8-16)14-15(18)13-21-19(22)17-9-5-6-11-20-17/h2-9,11,13,19H,10,12,14H2,1H3. The number of rotatable bonds is 2. The maximum atomic E-state index is 4.75. The zero-order valence-electron chi connectivity index (χ0n) is 13.3. The largest absolute Gasteiger partial charge is 0.367 e. The summed E-state index contributed by atoms with van der Waals surface area (Å²) < 4.78 is 0. The topological polar surface area (TPSA) is 31.7 Å². The SMILES string of the molecule is CN1C2=C(C=NC1c1ccccn1)CN(c1ccccc1)CC2. The Morgan fingerprint density at radius 3 is 2.65 bits per heavy atom. The van der Waals surface area contributed by atoms with E-state index in [0.29, 0.717) is 0 Å². The van der Waals surface area contributed by atoms with Gasteiger partial charge in [0.1, 0.15) is 0 Å². The third-order valence-electron chi connectivity index (χ3n) is 4.59. The predicted octanol–water partition coefficient (Wildman–Crippen LogP) is 3.26. The van der Waals surface area contributed by atoms with Crippen LogP contribution < -0.4 is 4.90 Å². The summed E-state index contributed by atoms with van der Waals surface area (Å²) in [5, 5.41) is 0. The molecule has 3 heterocycles. The first kappa shape index (κ1) is 14.0. The molecule has 0 fully saturated rings. The lowest BCUT2D eigenvalue weighted by Crippen LogP contribution is -2.39. The van der Waals surface area contributed by atoms with E-state index in [-0.39, 0.29) is 6.17 Å². The summed E-state index contributed by atoms with van der Waals surface area (Å²) >= 11 is 0. The molecule has 0 saturated heterocycles. The van der Waals surface area contributed by atoms with Crippen molar-refractivity contribution in [3.63, 3.8) is 0 Å². The number of hydrogen-bond donors (Lipinski definition) is 0. The van der Waals surface area contributed by atoms with Crippen LogP contribution in [0.1, 0.15) is 18.3 Å². The van der Waals surface area contributed by atoms with Crippen LogP contribution in [0, 0.1) is 0 Å². The number of para-hydroxylation sites is 1. The number of pyridine rings is 1. The molecule has 0 amide bonds. The van der Waals surface area contributed by atoms with Crippen molar-refractivity contribution in [2.45, 2.75) is 12.6 Å². The number of nitrogens with zero attached hydrogens (tertiary/aromatic N) is 4.